The van der Waals surface area contributed by atoms with E-state index in [1.807, 2.05) is 12.3 Å². The molecule has 0 bridgehead atoms. The average molecular weight is 238 g/mol. The Morgan fingerprint density at radius 2 is 2.11 bits per heavy atom. The quantitative estimate of drug-likeness (QED) is 0.813. The maximum absolute atomic E-state index is 3.96. The van der Waals surface area contributed by atoms with Crippen LogP contribution in [0, 0.1) is 0 Å². The van der Waals surface area contributed by atoms with Gasteiger partial charge < -0.3 is 4.98 Å². The molecule has 0 amide bonds. The van der Waals surface area contributed by atoms with Crippen LogP contribution in [0.2, 0.25) is 0 Å². The van der Waals surface area contributed by atoms with E-state index in [9.17, 15) is 0 Å². The lowest BCUT2D eigenvalue weighted by Gasteiger charge is -2.31. The zero-order valence-electron chi connectivity index (χ0n) is 10.5. The van der Waals surface area contributed by atoms with Gasteiger partial charge in [-0.15, -0.1) is 6.58 Å². The summed E-state index contributed by atoms with van der Waals surface area (Å²) in [6.07, 6.45) is 4.08. The Bertz CT molecular complexity index is 527. The van der Waals surface area contributed by atoms with Crippen molar-refractivity contribution in [2.45, 2.75) is 19.0 Å². The van der Waals surface area contributed by atoms with Crippen molar-refractivity contribution in [3.8, 4) is 0 Å². The first-order chi connectivity index (χ1) is 8.86. The SMILES string of the molecule is C=C[C@H]1CN(Cc2ccccc2)Cc2cc[nH]c21. The first-order valence-electron chi connectivity index (χ1n) is 6.42. The smallest absolute Gasteiger partial charge is 0.0298 e. The minimum Gasteiger partial charge on any atom is -0.364 e. The fourth-order valence-electron chi connectivity index (χ4n) is 2.73. The van der Waals surface area contributed by atoms with E-state index in [1.54, 1.807) is 0 Å². The van der Waals surface area contributed by atoms with Crippen molar-refractivity contribution < 1.29 is 0 Å². The topological polar surface area (TPSA) is 19.0 Å². The number of benzene rings is 1. The third-order valence-corrected chi connectivity index (χ3v) is 3.62. The molecule has 0 saturated carbocycles. The lowest BCUT2D eigenvalue weighted by atomic mass is 9.96. The molecule has 2 heteroatoms. The van der Waals surface area contributed by atoms with E-state index >= 15 is 0 Å². The van der Waals surface area contributed by atoms with Crippen LogP contribution in [-0.4, -0.2) is 16.4 Å². The summed E-state index contributed by atoms with van der Waals surface area (Å²) in [5.74, 6) is 0.424. The minimum absolute atomic E-state index is 0.424. The van der Waals surface area contributed by atoms with Gasteiger partial charge in [0.2, 0.25) is 0 Å². The Morgan fingerprint density at radius 3 is 2.89 bits per heavy atom. The molecule has 1 atom stereocenters. The lowest BCUT2D eigenvalue weighted by Crippen LogP contribution is -2.32. The van der Waals surface area contributed by atoms with Crippen molar-refractivity contribution >= 4 is 0 Å². The molecule has 92 valence electrons. The summed E-state index contributed by atoms with van der Waals surface area (Å²) >= 11 is 0. The molecule has 0 fully saturated rings. The summed E-state index contributed by atoms with van der Waals surface area (Å²) in [6.45, 7) is 7.04. The van der Waals surface area contributed by atoms with E-state index in [2.05, 4.69) is 52.9 Å². The molecule has 1 aromatic heterocycles. The highest BCUT2D eigenvalue weighted by Crippen LogP contribution is 2.28. The van der Waals surface area contributed by atoms with Gasteiger partial charge in [-0.1, -0.05) is 36.4 Å². The highest BCUT2D eigenvalue weighted by atomic mass is 15.1. The molecule has 0 aliphatic carbocycles. The molecule has 0 spiro atoms. The molecule has 18 heavy (non-hydrogen) atoms. The van der Waals surface area contributed by atoms with Crippen LogP contribution in [0.1, 0.15) is 22.7 Å². The van der Waals surface area contributed by atoms with Crippen LogP contribution in [0.4, 0.5) is 0 Å². The molecular weight excluding hydrogens is 220 g/mol. The van der Waals surface area contributed by atoms with Crippen molar-refractivity contribution in [3.63, 3.8) is 0 Å². The van der Waals surface area contributed by atoms with Gasteiger partial charge in [0.05, 0.1) is 0 Å². The van der Waals surface area contributed by atoms with Gasteiger partial charge in [0.25, 0.3) is 0 Å². The molecule has 2 nitrogen and oxygen atoms in total. The highest BCUT2D eigenvalue weighted by molar-refractivity contribution is 5.30. The van der Waals surface area contributed by atoms with Crippen LogP contribution >= 0.6 is 0 Å². The van der Waals surface area contributed by atoms with Crippen LogP contribution in [0.3, 0.4) is 0 Å². The second kappa shape index (κ2) is 4.83. The van der Waals surface area contributed by atoms with Gasteiger partial charge in [-0.05, 0) is 17.2 Å². The molecule has 1 aliphatic rings. The number of rotatable bonds is 3. The van der Waals surface area contributed by atoms with Crippen LogP contribution in [0.5, 0.6) is 0 Å². The zero-order chi connectivity index (χ0) is 12.4. The zero-order valence-corrected chi connectivity index (χ0v) is 10.5. The molecular formula is C16H18N2. The summed E-state index contributed by atoms with van der Waals surface area (Å²) < 4.78 is 0. The Morgan fingerprint density at radius 1 is 1.28 bits per heavy atom. The summed E-state index contributed by atoms with van der Waals surface area (Å²) in [4.78, 5) is 5.83. The second-order valence-corrected chi connectivity index (χ2v) is 4.91. The fourth-order valence-corrected chi connectivity index (χ4v) is 2.73. The van der Waals surface area contributed by atoms with E-state index in [4.69, 9.17) is 0 Å². The highest BCUT2D eigenvalue weighted by Gasteiger charge is 2.23. The van der Waals surface area contributed by atoms with Crippen molar-refractivity contribution in [1.29, 1.82) is 0 Å². The average Bonchev–Trinajstić information content (AvgIpc) is 2.87. The minimum atomic E-state index is 0.424. The van der Waals surface area contributed by atoms with Gasteiger partial charge in [-0.25, -0.2) is 0 Å². The number of hydrogen-bond donors (Lipinski definition) is 1. The molecule has 1 aromatic carbocycles. The number of fused-ring (bicyclic) bond motifs is 1. The van der Waals surface area contributed by atoms with Gasteiger partial charge in [0.1, 0.15) is 0 Å². The first kappa shape index (κ1) is 11.3. The predicted octanol–water partition coefficient (Wildman–Crippen LogP) is 3.30. The van der Waals surface area contributed by atoms with Crippen molar-refractivity contribution in [1.82, 2.24) is 9.88 Å². The number of nitrogens with zero attached hydrogens (tertiary/aromatic N) is 1. The molecule has 0 unspecified atom stereocenters. The monoisotopic (exact) mass is 238 g/mol. The third-order valence-electron chi connectivity index (χ3n) is 3.62. The number of H-pyrrole nitrogens is 1. The van der Waals surface area contributed by atoms with E-state index in [0.29, 0.717) is 5.92 Å². The van der Waals surface area contributed by atoms with Crippen LogP contribution in [0.25, 0.3) is 0 Å². The summed E-state index contributed by atoms with van der Waals surface area (Å²) in [5, 5.41) is 0. The second-order valence-electron chi connectivity index (χ2n) is 4.91. The van der Waals surface area contributed by atoms with Crippen LogP contribution in [-0.2, 0) is 13.1 Å². The van der Waals surface area contributed by atoms with Gasteiger partial charge in [-0.2, -0.15) is 0 Å². The van der Waals surface area contributed by atoms with E-state index in [1.165, 1.54) is 16.8 Å². The van der Waals surface area contributed by atoms with Crippen molar-refractivity contribution in [2.24, 2.45) is 0 Å². The van der Waals surface area contributed by atoms with Gasteiger partial charge in [-0.3, -0.25) is 4.90 Å². The molecule has 1 N–H and O–H groups in total. The molecule has 1 aliphatic heterocycles. The molecule has 0 saturated heterocycles. The summed E-state index contributed by atoms with van der Waals surface area (Å²) in [6, 6.07) is 12.8. The third kappa shape index (κ3) is 2.12. The lowest BCUT2D eigenvalue weighted by molar-refractivity contribution is 0.233. The van der Waals surface area contributed by atoms with Crippen molar-refractivity contribution in [3.05, 3.63) is 72.1 Å². The van der Waals surface area contributed by atoms with E-state index in [-0.39, 0.29) is 0 Å². The molecule has 3 rings (SSSR count). The van der Waals surface area contributed by atoms with E-state index in [0.717, 1.165) is 19.6 Å². The predicted molar refractivity (Wildman–Crippen MR) is 74.3 cm³/mol. The molecule has 0 radical (unpaired) electrons. The van der Waals surface area contributed by atoms with E-state index < -0.39 is 0 Å². The normalized spacial score (nSPS) is 19.4. The summed E-state index contributed by atoms with van der Waals surface area (Å²) in [5.41, 5.74) is 4.12. The molecule has 2 aromatic rings. The van der Waals surface area contributed by atoms with Crippen LogP contribution in [0.15, 0.2) is 55.3 Å². The maximum Gasteiger partial charge on any atom is 0.0298 e. The molecule has 2 heterocycles. The number of aromatic nitrogens is 1. The van der Waals surface area contributed by atoms with Gasteiger partial charge in [0, 0.05) is 37.4 Å². The number of aromatic amines is 1. The van der Waals surface area contributed by atoms with Crippen LogP contribution < -0.4 is 0 Å². The van der Waals surface area contributed by atoms with Gasteiger partial charge in [0.15, 0.2) is 0 Å². The first-order valence-corrected chi connectivity index (χ1v) is 6.42. The standard InChI is InChI=1S/C16H18N2/c1-2-14-11-18(10-13-6-4-3-5-7-13)12-15-8-9-17-16(14)15/h2-9,14,17H,1,10-12H2/t14-/m0/s1. The largest absolute Gasteiger partial charge is 0.364 e. The Balaban J connectivity index is 1.79. The number of hydrogen-bond acceptors (Lipinski definition) is 1. The Hall–Kier alpha value is -1.80. The Labute approximate surface area is 108 Å². The fraction of sp³-hybridized carbons (Fsp3) is 0.250. The van der Waals surface area contributed by atoms with Crippen molar-refractivity contribution in [2.75, 3.05) is 6.54 Å². The number of nitrogens with one attached hydrogen (secondary N) is 1. The maximum atomic E-state index is 3.96. The van der Waals surface area contributed by atoms with Gasteiger partial charge >= 0.3 is 0 Å². The Kier molecular flexibility index (Phi) is 3.03. The summed E-state index contributed by atoms with van der Waals surface area (Å²) in [7, 11) is 0.